The van der Waals surface area contributed by atoms with Gasteiger partial charge in [-0.25, -0.2) is 19.6 Å². The number of aldehydes is 1. The maximum Gasteiger partial charge on any atom is 0.410 e. The van der Waals surface area contributed by atoms with Gasteiger partial charge in [0.15, 0.2) is 17.9 Å². The van der Waals surface area contributed by atoms with E-state index in [4.69, 9.17) is 42.1 Å². The highest BCUT2D eigenvalue weighted by Gasteiger charge is 2.24. The number of cyclic esters (lactones) is 1. The lowest BCUT2D eigenvalue weighted by Gasteiger charge is -2.27. The molecule has 3 aromatic heterocycles. The summed E-state index contributed by atoms with van der Waals surface area (Å²) in [6.07, 6.45) is 4.12. The topological polar surface area (TPSA) is 181 Å². The first-order valence-corrected chi connectivity index (χ1v) is 15.8. The number of hydrogen-bond donors (Lipinski definition) is 2. The Hall–Kier alpha value is -4.75. The number of urea groups is 1. The third-order valence-corrected chi connectivity index (χ3v) is 8.06. The van der Waals surface area contributed by atoms with Gasteiger partial charge in [-0.2, -0.15) is 5.26 Å². The van der Waals surface area contributed by atoms with Gasteiger partial charge < -0.3 is 23.8 Å². The molecular weight excluding hydrogens is 667 g/mol. The molecule has 252 valence electrons. The van der Waals surface area contributed by atoms with Crippen LogP contribution in [0.3, 0.4) is 0 Å². The molecule has 0 bridgehead atoms. The quantitative estimate of drug-likeness (QED) is 0.249. The van der Waals surface area contributed by atoms with Crippen LogP contribution in [-0.2, 0) is 16.0 Å². The lowest BCUT2D eigenvalue weighted by atomic mass is 10.1. The molecule has 0 spiro atoms. The molecule has 2 fully saturated rings. The van der Waals surface area contributed by atoms with Crippen LogP contribution in [0.25, 0.3) is 0 Å². The highest BCUT2D eigenvalue weighted by atomic mass is 35.5. The number of amides is 3. The van der Waals surface area contributed by atoms with Crippen molar-refractivity contribution in [3.63, 3.8) is 0 Å². The number of pyridine rings is 3. The van der Waals surface area contributed by atoms with Crippen LogP contribution in [0.15, 0.2) is 30.7 Å². The summed E-state index contributed by atoms with van der Waals surface area (Å²) in [5, 5.41) is 15.4. The van der Waals surface area contributed by atoms with Crippen molar-refractivity contribution in [1.29, 1.82) is 5.26 Å². The van der Waals surface area contributed by atoms with Gasteiger partial charge in [0, 0.05) is 55.8 Å². The Balaban J connectivity index is 1.34. The lowest BCUT2D eigenvalue weighted by Crippen LogP contribution is -2.38. The fourth-order valence-electron chi connectivity index (χ4n) is 5.03. The average molecular weight is 700 g/mol. The summed E-state index contributed by atoms with van der Waals surface area (Å²) in [6, 6.07) is 4.20. The number of morpholine rings is 1. The minimum atomic E-state index is -0.763. The fraction of sp³-hybridized carbons (Fsp3) is 0.387. The Morgan fingerprint density at radius 3 is 2.60 bits per heavy atom. The Kier molecular flexibility index (Phi) is 11.8. The van der Waals surface area contributed by atoms with Gasteiger partial charge in [-0.1, -0.05) is 23.2 Å². The second-order valence-corrected chi connectivity index (χ2v) is 11.5. The van der Waals surface area contributed by atoms with Crippen molar-refractivity contribution in [3.8, 4) is 17.6 Å². The van der Waals surface area contributed by atoms with Crippen LogP contribution in [-0.4, -0.2) is 95.8 Å². The molecule has 0 saturated carbocycles. The van der Waals surface area contributed by atoms with Crippen molar-refractivity contribution in [3.05, 3.63) is 63.2 Å². The van der Waals surface area contributed by atoms with Crippen LogP contribution in [0.2, 0.25) is 10.0 Å². The molecule has 15 nitrogen and oxygen atoms in total. The van der Waals surface area contributed by atoms with Gasteiger partial charge in [0.05, 0.1) is 42.6 Å². The first-order valence-electron chi connectivity index (χ1n) is 15.0. The third kappa shape index (κ3) is 8.78. The molecule has 2 aliphatic rings. The van der Waals surface area contributed by atoms with Gasteiger partial charge >= 0.3 is 12.1 Å². The van der Waals surface area contributed by atoms with Crippen molar-refractivity contribution in [2.24, 2.45) is 0 Å². The minimum absolute atomic E-state index is 0.0128. The second-order valence-electron chi connectivity index (χ2n) is 10.7. The second kappa shape index (κ2) is 16.4. The van der Waals surface area contributed by atoms with Crippen LogP contribution in [0, 0.1) is 11.3 Å². The van der Waals surface area contributed by atoms with Crippen molar-refractivity contribution in [2.45, 2.75) is 26.0 Å². The van der Waals surface area contributed by atoms with Crippen molar-refractivity contribution in [2.75, 3.05) is 63.2 Å². The Labute approximate surface area is 286 Å². The molecule has 48 heavy (non-hydrogen) atoms. The van der Waals surface area contributed by atoms with E-state index in [9.17, 15) is 19.6 Å². The van der Waals surface area contributed by atoms with Crippen LogP contribution in [0.1, 0.15) is 46.6 Å². The zero-order valence-corrected chi connectivity index (χ0v) is 27.4. The average Bonchev–Trinajstić information content (AvgIpc) is 3.07. The zero-order chi connectivity index (χ0) is 34.0. The van der Waals surface area contributed by atoms with Crippen LogP contribution in [0.5, 0.6) is 11.5 Å². The maximum atomic E-state index is 13.2. The monoisotopic (exact) mass is 698 g/mol. The lowest BCUT2D eigenvalue weighted by molar-refractivity contribution is 0.0322. The smallest absolute Gasteiger partial charge is 0.410 e. The summed E-state index contributed by atoms with van der Waals surface area (Å²) in [5.74, 6) is 0.336. The molecule has 3 aromatic rings. The zero-order valence-electron chi connectivity index (χ0n) is 25.9. The normalized spacial score (nSPS) is 15.5. The van der Waals surface area contributed by atoms with Gasteiger partial charge in [-0.3, -0.25) is 25.3 Å². The molecule has 3 amide bonds. The number of rotatable bonds is 12. The standard InChI is InChI=1S/C31H32Cl2N8O7/c1-19(28-22(32)15-35-16-23(28)33)48-25-12-27(36-14-21(25)13-34)38-30(43)39-29-26(46-10-6-40-4-8-45-9-5-40)11-20(24(18-42)37-29)17-41-3-2-7-47-31(41)44/h11-12,14-16,18-19H,2-10,17H2,1H3,(H2,36,37,38,39,43)/t19-/m1/s1. The van der Waals surface area contributed by atoms with E-state index in [1.165, 1.54) is 29.6 Å². The Morgan fingerprint density at radius 2 is 1.90 bits per heavy atom. The van der Waals surface area contributed by atoms with Crippen molar-refractivity contribution >= 4 is 53.2 Å². The molecular formula is C31H32Cl2N8O7. The van der Waals surface area contributed by atoms with E-state index in [2.05, 4.69) is 30.5 Å². The van der Waals surface area contributed by atoms with Crippen molar-refractivity contribution < 1.29 is 33.3 Å². The Morgan fingerprint density at radius 1 is 1.12 bits per heavy atom. The van der Waals surface area contributed by atoms with E-state index < -0.39 is 18.2 Å². The van der Waals surface area contributed by atoms with Crippen LogP contribution >= 0.6 is 23.2 Å². The first-order chi connectivity index (χ1) is 23.2. The fourth-order valence-corrected chi connectivity index (χ4v) is 5.71. The molecule has 0 unspecified atom stereocenters. The maximum absolute atomic E-state index is 13.2. The van der Waals surface area contributed by atoms with E-state index in [0.29, 0.717) is 56.7 Å². The summed E-state index contributed by atoms with van der Waals surface area (Å²) in [4.78, 5) is 53.7. The van der Waals surface area contributed by atoms with Gasteiger partial charge in [-0.15, -0.1) is 0 Å². The molecule has 2 N–H and O–H groups in total. The number of nitriles is 1. The number of carbonyl (C=O) groups excluding carboxylic acids is 3. The van der Waals surface area contributed by atoms with Crippen LogP contribution in [0.4, 0.5) is 21.2 Å². The van der Waals surface area contributed by atoms with Gasteiger partial charge in [0.1, 0.15) is 41.6 Å². The highest BCUT2D eigenvalue weighted by molar-refractivity contribution is 6.35. The first kappa shape index (κ1) is 34.6. The summed E-state index contributed by atoms with van der Waals surface area (Å²) in [7, 11) is 0. The van der Waals surface area contributed by atoms with Crippen LogP contribution < -0.4 is 20.1 Å². The number of aromatic nitrogens is 3. The summed E-state index contributed by atoms with van der Waals surface area (Å²) >= 11 is 12.5. The summed E-state index contributed by atoms with van der Waals surface area (Å²) < 4.78 is 22.6. The molecule has 5 heterocycles. The molecule has 2 aliphatic heterocycles. The van der Waals surface area contributed by atoms with E-state index in [-0.39, 0.29) is 57.6 Å². The number of nitrogens with one attached hydrogen (secondary N) is 2. The summed E-state index contributed by atoms with van der Waals surface area (Å²) in [6.45, 7) is 6.15. The van der Waals surface area contributed by atoms with Gasteiger partial charge in [0.25, 0.3) is 0 Å². The predicted molar refractivity (Wildman–Crippen MR) is 174 cm³/mol. The molecule has 1 atom stereocenters. The Bertz CT molecular complexity index is 1680. The number of hydrogen-bond acceptors (Lipinski definition) is 12. The number of carbonyl (C=O) groups is 3. The van der Waals surface area contributed by atoms with E-state index in [1.807, 2.05) is 6.07 Å². The van der Waals surface area contributed by atoms with E-state index in [0.717, 1.165) is 13.1 Å². The van der Waals surface area contributed by atoms with E-state index >= 15 is 0 Å². The van der Waals surface area contributed by atoms with Gasteiger partial charge in [0.2, 0.25) is 0 Å². The molecule has 0 aromatic carbocycles. The highest BCUT2D eigenvalue weighted by Crippen LogP contribution is 2.34. The molecule has 0 aliphatic carbocycles. The third-order valence-electron chi connectivity index (χ3n) is 7.46. The number of nitrogens with zero attached hydrogens (tertiary/aromatic N) is 6. The minimum Gasteiger partial charge on any atom is -0.488 e. The number of halogens is 2. The molecule has 17 heteroatoms. The van der Waals surface area contributed by atoms with E-state index in [1.54, 1.807) is 13.0 Å². The summed E-state index contributed by atoms with van der Waals surface area (Å²) in [5.41, 5.74) is 1.02. The number of anilines is 2. The largest absolute Gasteiger partial charge is 0.488 e. The molecule has 5 rings (SSSR count). The van der Waals surface area contributed by atoms with Gasteiger partial charge in [-0.05, 0) is 19.4 Å². The SMILES string of the molecule is C[C@@H](Oc1cc(NC(=O)Nc2nc(C=O)c(CN3CCCOC3=O)cc2OCCN2CCOCC2)ncc1C#N)c1c(Cl)cncc1Cl. The molecule has 0 radical (unpaired) electrons. The van der Waals surface area contributed by atoms with Crippen molar-refractivity contribution in [1.82, 2.24) is 24.8 Å². The predicted octanol–water partition coefficient (Wildman–Crippen LogP) is 4.70. The molecule has 2 saturated heterocycles. The number of ether oxygens (including phenoxy) is 4.